The number of nitrogens with one attached hydrogen (secondary N) is 1. The maximum absolute atomic E-state index is 12.7. The molecule has 4 rings (SSSR count). The van der Waals surface area contributed by atoms with Crippen LogP contribution in [-0.4, -0.2) is 31.8 Å². The van der Waals surface area contributed by atoms with Crippen molar-refractivity contribution in [1.82, 2.24) is 14.5 Å². The highest BCUT2D eigenvalue weighted by Crippen LogP contribution is 2.30. The highest BCUT2D eigenvalue weighted by Gasteiger charge is 2.22. The third kappa shape index (κ3) is 3.40. The predicted octanol–water partition coefficient (Wildman–Crippen LogP) is 2.59. The van der Waals surface area contributed by atoms with Crippen LogP contribution in [0.3, 0.4) is 0 Å². The Bertz CT molecular complexity index is 836. The Balaban J connectivity index is 1.69. The Hall–Kier alpha value is -2.15. The van der Waals surface area contributed by atoms with Gasteiger partial charge >= 0.3 is 0 Å². The molecule has 7 nitrogen and oxygen atoms in total. The number of nitrogen functional groups attached to an aromatic ring is 1. The second kappa shape index (κ2) is 7.23. The van der Waals surface area contributed by atoms with Gasteiger partial charge in [-0.25, -0.2) is 4.98 Å². The van der Waals surface area contributed by atoms with Crippen LogP contribution in [0, 0.1) is 0 Å². The number of aliphatic hydroxyl groups is 1. The van der Waals surface area contributed by atoms with Crippen molar-refractivity contribution >= 4 is 22.7 Å². The third-order valence-corrected chi connectivity index (χ3v) is 5.79. The fourth-order valence-corrected chi connectivity index (χ4v) is 4.31. The van der Waals surface area contributed by atoms with Crippen molar-refractivity contribution in [2.75, 3.05) is 11.1 Å². The van der Waals surface area contributed by atoms with Gasteiger partial charge in [0.2, 0.25) is 5.95 Å². The second-order valence-electron chi connectivity index (χ2n) is 7.68. The highest BCUT2D eigenvalue weighted by molar-refractivity contribution is 5.87. The average Bonchev–Trinajstić information content (AvgIpc) is 2.64. The molecule has 2 aliphatic rings. The molecule has 0 bridgehead atoms. The van der Waals surface area contributed by atoms with Gasteiger partial charge in [-0.3, -0.25) is 9.36 Å². The molecular formula is C19H27N5O2. The summed E-state index contributed by atoms with van der Waals surface area (Å²) in [7, 11) is 0. The van der Waals surface area contributed by atoms with Crippen LogP contribution in [0.15, 0.2) is 17.1 Å². The van der Waals surface area contributed by atoms with E-state index < -0.39 is 0 Å². The molecule has 0 amide bonds. The largest absolute Gasteiger partial charge is 0.398 e. The van der Waals surface area contributed by atoms with E-state index in [4.69, 9.17) is 5.73 Å². The first-order valence-electron chi connectivity index (χ1n) is 9.74. The lowest BCUT2D eigenvalue weighted by Gasteiger charge is -2.27. The summed E-state index contributed by atoms with van der Waals surface area (Å²) in [5.74, 6) is 0.536. The van der Waals surface area contributed by atoms with E-state index in [0.29, 0.717) is 17.3 Å². The third-order valence-electron chi connectivity index (χ3n) is 5.79. The second-order valence-corrected chi connectivity index (χ2v) is 7.68. The zero-order valence-electron chi connectivity index (χ0n) is 15.0. The smallest absolute Gasteiger partial charge is 0.254 e. The monoisotopic (exact) mass is 357 g/mol. The zero-order chi connectivity index (χ0) is 18.1. The Labute approximate surface area is 152 Å². The van der Waals surface area contributed by atoms with Crippen molar-refractivity contribution in [2.45, 2.75) is 76.0 Å². The standard InChI is InChI=1S/C19H27N5O2/c20-16-10-17(26)24(13-4-2-1-3-5-13)18-15(16)11-21-19(23-18)22-12-6-8-14(25)9-7-12/h10-14,25H,1-9,20H2,(H,21,22,23). The van der Waals surface area contributed by atoms with Crippen LogP contribution in [-0.2, 0) is 0 Å². The minimum Gasteiger partial charge on any atom is -0.398 e. The van der Waals surface area contributed by atoms with Gasteiger partial charge in [0.25, 0.3) is 5.56 Å². The normalized spacial score (nSPS) is 24.7. The highest BCUT2D eigenvalue weighted by atomic mass is 16.3. The van der Waals surface area contributed by atoms with E-state index in [-0.39, 0.29) is 23.7 Å². The SMILES string of the molecule is Nc1cc(=O)n(C2CCCCC2)c2nc(NC3CCC(O)CC3)ncc12. The number of fused-ring (bicyclic) bond motifs is 1. The molecule has 26 heavy (non-hydrogen) atoms. The average molecular weight is 357 g/mol. The Morgan fingerprint density at radius 2 is 1.85 bits per heavy atom. The summed E-state index contributed by atoms with van der Waals surface area (Å²) in [6.45, 7) is 0. The van der Waals surface area contributed by atoms with Crippen LogP contribution in [0.1, 0.15) is 63.8 Å². The molecular weight excluding hydrogens is 330 g/mol. The molecule has 2 aliphatic carbocycles. The van der Waals surface area contributed by atoms with Gasteiger partial charge in [0.1, 0.15) is 0 Å². The van der Waals surface area contributed by atoms with Gasteiger partial charge < -0.3 is 16.2 Å². The minimum absolute atomic E-state index is 0.0765. The quantitative estimate of drug-likeness (QED) is 0.779. The summed E-state index contributed by atoms with van der Waals surface area (Å²) in [5, 5.41) is 13.8. The number of pyridine rings is 1. The molecule has 140 valence electrons. The lowest BCUT2D eigenvalue weighted by Crippen LogP contribution is -2.30. The molecule has 2 fully saturated rings. The molecule has 2 aromatic heterocycles. The van der Waals surface area contributed by atoms with Gasteiger partial charge in [0.15, 0.2) is 5.65 Å². The Kier molecular flexibility index (Phi) is 4.80. The van der Waals surface area contributed by atoms with E-state index >= 15 is 0 Å². The van der Waals surface area contributed by atoms with E-state index in [9.17, 15) is 9.90 Å². The first-order valence-corrected chi connectivity index (χ1v) is 9.74. The minimum atomic E-state index is -0.193. The number of hydrogen-bond donors (Lipinski definition) is 3. The number of hydrogen-bond acceptors (Lipinski definition) is 6. The maximum Gasteiger partial charge on any atom is 0.254 e. The molecule has 0 aliphatic heterocycles. The molecule has 0 saturated heterocycles. The topological polar surface area (TPSA) is 106 Å². The Morgan fingerprint density at radius 3 is 2.58 bits per heavy atom. The van der Waals surface area contributed by atoms with Crippen molar-refractivity contribution in [1.29, 1.82) is 0 Å². The number of anilines is 2. The maximum atomic E-state index is 12.7. The van der Waals surface area contributed by atoms with Crippen molar-refractivity contribution in [3.8, 4) is 0 Å². The van der Waals surface area contributed by atoms with E-state index in [0.717, 1.165) is 56.8 Å². The van der Waals surface area contributed by atoms with Gasteiger partial charge in [-0.15, -0.1) is 0 Å². The number of rotatable bonds is 3. The molecule has 0 spiro atoms. The summed E-state index contributed by atoms with van der Waals surface area (Å²) in [6, 6.07) is 1.94. The molecule has 0 radical (unpaired) electrons. The number of aliphatic hydroxyl groups excluding tert-OH is 1. The number of aromatic nitrogens is 3. The van der Waals surface area contributed by atoms with E-state index in [1.165, 1.54) is 12.5 Å². The number of nitrogens with two attached hydrogens (primary N) is 1. The van der Waals surface area contributed by atoms with E-state index in [1.54, 1.807) is 6.20 Å². The first-order chi connectivity index (χ1) is 12.6. The Morgan fingerprint density at radius 1 is 1.12 bits per heavy atom. The van der Waals surface area contributed by atoms with Gasteiger partial charge in [-0.2, -0.15) is 4.98 Å². The lowest BCUT2D eigenvalue weighted by molar-refractivity contribution is 0.126. The van der Waals surface area contributed by atoms with Crippen LogP contribution in [0.2, 0.25) is 0 Å². The van der Waals surface area contributed by atoms with Crippen molar-refractivity contribution in [3.05, 3.63) is 22.6 Å². The molecule has 7 heteroatoms. The van der Waals surface area contributed by atoms with Gasteiger partial charge in [0, 0.05) is 30.0 Å². The molecule has 2 saturated carbocycles. The molecule has 0 atom stereocenters. The van der Waals surface area contributed by atoms with E-state index in [1.807, 2.05) is 4.57 Å². The van der Waals surface area contributed by atoms with Crippen LogP contribution in [0.25, 0.3) is 11.0 Å². The van der Waals surface area contributed by atoms with Crippen molar-refractivity contribution < 1.29 is 5.11 Å². The van der Waals surface area contributed by atoms with Crippen LogP contribution in [0.4, 0.5) is 11.6 Å². The summed E-state index contributed by atoms with van der Waals surface area (Å²) in [5.41, 5.74) is 7.06. The summed E-state index contributed by atoms with van der Waals surface area (Å²) < 4.78 is 1.82. The fourth-order valence-electron chi connectivity index (χ4n) is 4.31. The molecule has 2 aromatic rings. The summed E-state index contributed by atoms with van der Waals surface area (Å²) >= 11 is 0. The lowest BCUT2D eigenvalue weighted by atomic mass is 9.93. The van der Waals surface area contributed by atoms with Gasteiger partial charge in [0.05, 0.1) is 11.5 Å². The fraction of sp³-hybridized carbons (Fsp3) is 0.632. The zero-order valence-corrected chi connectivity index (χ0v) is 15.0. The van der Waals surface area contributed by atoms with Gasteiger partial charge in [-0.05, 0) is 38.5 Å². The van der Waals surface area contributed by atoms with Gasteiger partial charge in [-0.1, -0.05) is 19.3 Å². The first kappa shape index (κ1) is 17.3. The van der Waals surface area contributed by atoms with Crippen molar-refractivity contribution in [3.63, 3.8) is 0 Å². The molecule has 4 N–H and O–H groups in total. The number of nitrogens with zero attached hydrogens (tertiary/aromatic N) is 3. The molecule has 2 heterocycles. The molecule has 0 unspecified atom stereocenters. The summed E-state index contributed by atoms with van der Waals surface area (Å²) in [4.78, 5) is 21.8. The van der Waals surface area contributed by atoms with Crippen LogP contribution in [0.5, 0.6) is 0 Å². The molecule has 0 aromatic carbocycles. The summed E-state index contributed by atoms with van der Waals surface area (Å²) in [6.07, 6.45) is 10.4. The predicted molar refractivity (Wildman–Crippen MR) is 102 cm³/mol. The van der Waals surface area contributed by atoms with Crippen LogP contribution >= 0.6 is 0 Å². The van der Waals surface area contributed by atoms with Crippen LogP contribution < -0.4 is 16.6 Å². The van der Waals surface area contributed by atoms with Crippen molar-refractivity contribution in [2.24, 2.45) is 0 Å². The van der Waals surface area contributed by atoms with E-state index in [2.05, 4.69) is 15.3 Å².